The van der Waals surface area contributed by atoms with Crippen molar-refractivity contribution in [2.75, 3.05) is 18.8 Å². The number of nitrogen functional groups attached to an aromatic ring is 1. The van der Waals surface area contributed by atoms with Crippen LogP contribution in [0.4, 0.5) is 5.13 Å². The number of thiazole rings is 2. The summed E-state index contributed by atoms with van der Waals surface area (Å²) in [7, 11) is -3.39. The van der Waals surface area contributed by atoms with E-state index in [9.17, 15) is 37.3 Å². The van der Waals surface area contributed by atoms with Crippen molar-refractivity contribution < 1.29 is 46.7 Å². The van der Waals surface area contributed by atoms with Crippen LogP contribution in [-0.2, 0) is 43.1 Å². The van der Waals surface area contributed by atoms with Crippen molar-refractivity contribution in [2.45, 2.75) is 44.1 Å². The predicted molar refractivity (Wildman–Crippen MR) is 166 cm³/mol. The molecule has 0 bridgehead atoms. The smallest absolute Gasteiger partial charge is 0.362 e. The van der Waals surface area contributed by atoms with Crippen LogP contribution in [0.3, 0.4) is 0 Å². The zero-order valence-corrected chi connectivity index (χ0v) is 27.5. The van der Waals surface area contributed by atoms with E-state index in [0.29, 0.717) is 17.1 Å². The van der Waals surface area contributed by atoms with Crippen LogP contribution in [0.1, 0.15) is 29.2 Å². The Labute approximate surface area is 275 Å². The predicted octanol–water partition coefficient (Wildman–Crippen LogP) is -2.73. The Morgan fingerprint density at radius 1 is 1.32 bits per heavy atom. The summed E-state index contributed by atoms with van der Waals surface area (Å²) in [5, 5.41) is 24.0. The molecule has 0 spiro atoms. The molecule has 1 unspecified atom stereocenters. The molecule has 1 fully saturated rings. The molecule has 3 atom stereocenters. The number of hydrogen-bond acceptors (Lipinski definition) is 15. The number of oxime groups is 1. The number of nitrogens with zero attached hydrogens (tertiary/aromatic N) is 6. The number of aromatic nitrogens is 4. The summed E-state index contributed by atoms with van der Waals surface area (Å²) < 4.78 is 37.1. The number of amides is 3. The molecular formula is C24H32N11O9S3+. The number of hydrogen-bond donors (Lipinski definition) is 7. The molecule has 0 saturated carbocycles. The van der Waals surface area contributed by atoms with Gasteiger partial charge >= 0.3 is 16.3 Å². The lowest BCUT2D eigenvalue weighted by molar-refractivity contribution is -0.656. The van der Waals surface area contributed by atoms with Gasteiger partial charge in [0.2, 0.25) is 5.60 Å². The summed E-state index contributed by atoms with van der Waals surface area (Å²) in [5.74, 6) is -4.36. The van der Waals surface area contributed by atoms with E-state index in [1.165, 1.54) is 25.4 Å². The number of carbonyl (C=O) groups is 4. The lowest BCUT2D eigenvalue weighted by Gasteiger charge is -2.44. The maximum atomic E-state index is 13.3. The Morgan fingerprint density at radius 3 is 2.62 bits per heavy atom. The Hall–Kier alpha value is -4.55. The van der Waals surface area contributed by atoms with Crippen LogP contribution in [0.5, 0.6) is 0 Å². The average molecular weight is 715 g/mol. The highest BCUT2D eigenvalue weighted by Gasteiger charge is 2.54. The van der Waals surface area contributed by atoms with Gasteiger partial charge in [0.15, 0.2) is 21.9 Å². The second-order valence-electron chi connectivity index (χ2n) is 10.7. The number of β-lactam (4-membered cyclic amide) rings is 1. The maximum absolute atomic E-state index is 13.3. The van der Waals surface area contributed by atoms with Gasteiger partial charge in [-0.3, -0.25) is 23.6 Å². The van der Waals surface area contributed by atoms with Crippen molar-refractivity contribution in [3.8, 4) is 10.6 Å². The molecule has 1 aliphatic rings. The normalized spacial score (nSPS) is 17.6. The molecule has 254 valence electrons. The minimum atomic E-state index is -5.09. The number of carboxylic acid groups (broad SMARTS) is 1. The summed E-state index contributed by atoms with van der Waals surface area (Å²) >= 11 is 2.04. The van der Waals surface area contributed by atoms with E-state index in [1.54, 1.807) is 28.7 Å². The molecule has 23 heteroatoms. The van der Waals surface area contributed by atoms with Crippen molar-refractivity contribution in [3.05, 3.63) is 34.5 Å². The van der Waals surface area contributed by atoms with Crippen molar-refractivity contribution in [3.63, 3.8) is 0 Å². The molecule has 1 saturated heterocycles. The second kappa shape index (κ2) is 13.7. The Bertz CT molecular complexity index is 1830. The van der Waals surface area contributed by atoms with Crippen LogP contribution >= 0.6 is 22.7 Å². The van der Waals surface area contributed by atoms with Crippen molar-refractivity contribution in [1.82, 2.24) is 29.7 Å². The third kappa shape index (κ3) is 7.88. The van der Waals surface area contributed by atoms with E-state index in [0.717, 1.165) is 22.7 Å². The van der Waals surface area contributed by atoms with Crippen molar-refractivity contribution >= 4 is 67.5 Å². The molecule has 4 heterocycles. The number of nitrogens with one attached hydrogen (secondary N) is 2. The summed E-state index contributed by atoms with van der Waals surface area (Å²) in [5.41, 5.74) is 15.2. The van der Waals surface area contributed by atoms with Crippen LogP contribution in [0.2, 0.25) is 0 Å². The largest absolute Gasteiger partial charge is 0.478 e. The Kier molecular flexibility index (Phi) is 10.3. The van der Waals surface area contributed by atoms with Gasteiger partial charge < -0.3 is 37.8 Å². The first-order valence-electron chi connectivity index (χ1n) is 13.5. The number of anilines is 1. The number of carbonyl (C=O) groups excluding carboxylic acids is 3. The van der Waals surface area contributed by atoms with Gasteiger partial charge in [-0.05, 0) is 13.8 Å². The lowest BCUT2D eigenvalue weighted by Crippen LogP contribution is -2.74. The molecule has 10 N–H and O–H groups in total. The van der Waals surface area contributed by atoms with E-state index in [-0.39, 0.29) is 32.6 Å². The van der Waals surface area contributed by atoms with E-state index in [2.05, 4.69) is 25.9 Å². The number of carboxylic acids is 1. The number of rotatable bonds is 14. The fourth-order valence-electron chi connectivity index (χ4n) is 4.15. The van der Waals surface area contributed by atoms with E-state index in [1.807, 2.05) is 0 Å². The standard InChI is InChI=1S/C24H31N11O9S3/c1-24(2,22(39)40)44-32-16(13-10-45-23(27)30-13)19(37)31-17-14(35(20(17)38)47(41,42)43)6-28-18(36)15-9-33(3)21(46-15)11-5-29-34(7-11)8-12(26)4-25/h5,7,9-10,12,14,17H,4,6,8,25-26H2,1-3H3,(H5-,27,28,30,31,36,37,39,40,41,42,43)/p+1/b32-16-/t12?,14-,17+/m1/s1. The Balaban J connectivity index is 1.51. The number of nitrogens with two attached hydrogens (primary N) is 3. The topological polar surface area (TPSA) is 304 Å². The lowest BCUT2D eigenvalue weighted by atomic mass is 9.98. The third-order valence-corrected chi connectivity index (χ3v) is 9.55. The number of aryl methyl sites for hydroxylation is 1. The minimum absolute atomic E-state index is 0.0330. The van der Waals surface area contributed by atoms with Crippen LogP contribution in [-0.4, -0.2) is 103 Å². The molecular weight excluding hydrogens is 683 g/mol. The van der Waals surface area contributed by atoms with Gasteiger partial charge in [-0.25, -0.2) is 14.1 Å². The van der Waals surface area contributed by atoms with Gasteiger partial charge in [0.05, 0.1) is 24.3 Å². The maximum Gasteiger partial charge on any atom is 0.362 e. The monoisotopic (exact) mass is 714 g/mol. The summed E-state index contributed by atoms with van der Waals surface area (Å²) in [6.07, 6.45) is 4.87. The van der Waals surface area contributed by atoms with E-state index < -0.39 is 63.9 Å². The Morgan fingerprint density at radius 2 is 2.02 bits per heavy atom. The van der Waals surface area contributed by atoms with Gasteiger partial charge in [-0.2, -0.15) is 18.1 Å². The fraction of sp³-hybridized carbons (Fsp3) is 0.417. The highest BCUT2D eigenvalue weighted by Crippen LogP contribution is 2.26. The number of aliphatic carboxylic acids is 1. The highest BCUT2D eigenvalue weighted by atomic mass is 32.2. The van der Waals surface area contributed by atoms with Gasteiger partial charge in [0.1, 0.15) is 18.8 Å². The minimum Gasteiger partial charge on any atom is -0.478 e. The van der Waals surface area contributed by atoms with Gasteiger partial charge in [-0.1, -0.05) is 16.5 Å². The van der Waals surface area contributed by atoms with Gasteiger partial charge in [0, 0.05) is 30.7 Å². The van der Waals surface area contributed by atoms with Gasteiger partial charge in [-0.15, -0.1) is 11.3 Å². The average Bonchev–Trinajstić information content (AvgIpc) is 3.72. The summed E-state index contributed by atoms with van der Waals surface area (Å²) in [6.45, 7) is 2.49. The third-order valence-electron chi connectivity index (χ3n) is 6.70. The molecule has 0 radical (unpaired) electrons. The zero-order chi connectivity index (χ0) is 34.8. The second-order valence-corrected chi connectivity index (χ2v) is 13.9. The van der Waals surface area contributed by atoms with Crippen molar-refractivity contribution in [1.29, 1.82) is 0 Å². The van der Waals surface area contributed by atoms with Crippen molar-refractivity contribution in [2.24, 2.45) is 23.7 Å². The summed E-state index contributed by atoms with van der Waals surface area (Å²) in [4.78, 5) is 59.8. The first-order chi connectivity index (χ1) is 21.9. The fourth-order valence-corrected chi connectivity index (χ4v) is 6.58. The zero-order valence-electron chi connectivity index (χ0n) is 25.1. The molecule has 3 amide bonds. The van der Waals surface area contributed by atoms with Crippen LogP contribution in [0, 0.1) is 0 Å². The first-order valence-corrected chi connectivity index (χ1v) is 16.6. The van der Waals surface area contributed by atoms with Crippen LogP contribution < -0.4 is 32.4 Å². The molecule has 3 aromatic rings. The van der Waals surface area contributed by atoms with Crippen LogP contribution in [0.25, 0.3) is 10.6 Å². The van der Waals surface area contributed by atoms with E-state index in [4.69, 9.17) is 22.0 Å². The quantitative estimate of drug-likeness (QED) is 0.0293. The molecule has 20 nitrogen and oxygen atoms in total. The summed E-state index contributed by atoms with van der Waals surface area (Å²) in [6, 6.07) is -3.32. The molecule has 0 aliphatic carbocycles. The highest BCUT2D eigenvalue weighted by molar-refractivity contribution is 7.84. The van der Waals surface area contributed by atoms with Crippen LogP contribution in [0.15, 0.2) is 29.1 Å². The molecule has 3 aromatic heterocycles. The first kappa shape index (κ1) is 35.3. The molecule has 4 rings (SSSR count). The van der Waals surface area contributed by atoms with Gasteiger partial charge in [0.25, 0.3) is 22.7 Å². The van der Waals surface area contributed by atoms with E-state index >= 15 is 0 Å². The SMILES string of the molecule is C[n+]1cc(C(=O)NC[C@@H]2[C@H](NC(=O)/C(=N\OC(C)(C)C(=O)O)c3csc(N)n3)C(=O)N2S(=O)(=O)O)sc1-c1cnn(CC(N)CN)c1. The molecule has 47 heavy (non-hydrogen) atoms. The molecule has 0 aromatic carbocycles. The molecule has 1 aliphatic heterocycles.